The maximum Gasteiger partial charge on any atom is 0.242 e. The van der Waals surface area contributed by atoms with E-state index in [0.29, 0.717) is 19.5 Å². The fraction of sp³-hybridized carbons (Fsp3) is 0.556. The summed E-state index contributed by atoms with van der Waals surface area (Å²) in [6.07, 6.45) is 4.87. The highest BCUT2D eigenvalue weighted by Gasteiger charge is 2.31. The molecule has 1 aliphatic heterocycles. The zero-order chi connectivity index (χ0) is 16.7. The number of benzene rings is 1. The van der Waals surface area contributed by atoms with Gasteiger partial charge in [0, 0.05) is 25.2 Å². The molecule has 1 aromatic rings. The van der Waals surface area contributed by atoms with E-state index in [-0.39, 0.29) is 17.9 Å². The lowest BCUT2D eigenvalue weighted by molar-refractivity contribution is -0.142. The number of hydrogen-bond acceptors (Lipinski definition) is 3. The first-order chi connectivity index (χ1) is 11.1. The van der Waals surface area contributed by atoms with Gasteiger partial charge >= 0.3 is 0 Å². The van der Waals surface area contributed by atoms with Crippen molar-refractivity contribution in [3.63, 3.8) is 0 Å². The van der Waals surface area contributed by atoms with Gasteiger partial charge in [0.15, 0.2) is 0 Å². The van der Waals surface area contributed by atoms with Gasteiger partial charge in [0.05, 0.1) is 0 Å². The number of nitrogens with zero attached hydrogens (tertiary/aromatic N) is 1. The number of hydrogen-bond donors (Lipinski definition) is 2. The van der Waals surface area contributed by atoms with Gasteiger partial charge in [0.25, 0.3) is 0 Å². The van der Waals surface area contributed by atoms with Crippen molar-refractivity contribution in [2.24, 2.45) is 0 Å². The molecule has 2 rings (SSSR count). The van der Waals surface area contributed by atoms with Gasteiger partial charge in [-0.05, 0) is 49.8 Å². The van der Waals surface area contributed by atoms with E-state index in [4.69, 9.17) is 5.73 Å². The van der Waals surface area contributed by atoms with Crippen LogP contribution in [0.4, 0.5) is 5.69 Å². The van der Waals surface area contributed by atoms with Crippen LogP contribution in [0.15, 0.2) is 24.3 Å². The van der Waals surface area contributed by atoms with Crippen LogP contribution in [0.3, 0.4) is 0 Å². The molecule has 0 bridgehead atoms. The molecule has 5 nitrogen and oxygen atoms in total. The van der Waals surface area contributed by atoms with Crippen LogP contribution in [0, 0.1) is 0 Å². The fourth-order valence-electron chi connectivity index (χ4n) is 2.99. The number of anilines is 1. The Kier molecular flexibility index (Phi) is 6.44. The first-order valence-corrected chi connectivity index (χ1v) is 8.53. The maximum atomic E-state index is 12.4. The maximum absolute atomic E-state index is 12.4. The lowest BCUT2D eigenvalue weighted by Gasteiger charge is -2.34. The predicted octanol–water partition coefficient (Wildman–Crippen LogP) is 2.11. The largest absolute Gasteiger partial charge is 0.399 e. The van der Waals surface area contributed by atoms with Gasteiger partial charge in [-0.1, -0.05) is 19.1 Å². The van der Waals surface area contributed by atoms with Crippen molar-refractivity contribution < 1.29 is 9.59 Å². The van der Waals surface area contributed by atoms with Crippen LogP contribution in [0.25, 0.3) is 0 Å². The fourth-order valence-corrected chi connectivity index (χ4v) is 2.99. The lowest BCUT2D eigenvalue weighted by atomic mass is 10.0. The van der Waals surface area contributed by atoms with Crippen molar-refractivity contribution >= 4 is 17.5 Å². The van der Waals surface area contributed by atoms with E-state index in [1.54, 1.807) is 4.90 Å². The summed E-state index contributed by atoms with van der Waals surface area (Å²) in [5.74, 6) is 0.0792. The van der Waals surface area contributed by atoms with E-state index < -0.39 is 0 Å². The van der Waals surface area contributed by atoms with E-state index in [1.807, 2.05) is 31.2 Å². The molecule has 2 amide bonds. The summed E-state index contributed by atoms with van der Waals surface area (Å²) in [6.45, 7) is 3.27. The van der Waals surface area contributed by atoms with Gasteiger partial charge in [-0.2, -0.15) is 0 Å². The second-order valence-corrected chi connectivity index (χ2v) is 6.13. The van der Waals surface area contributed by atoms with Crippen LogP contribution in [0.5, 0.6) is 0 Å². The van der Waals surface area contributed by atoms with Gasteiger partial charge in [-0.25, -0.2) is 0 Å². The number of nitrogens with one attached hydrogen (secondary N) is 1. The summed E-state index contributed by atoms with van der Waals surface area (Å²) in [5.41, 5.74) is 7.54. The number of nitrogens with two attached hydrogens (primary N) is 1. The molecule has 1 fully saturated rings. The molecule has 0 saturated carbocycles. The zero-order valence-electron chi connectivity index (χ0n) is 13.9. The molecule has 1 heterocycles. The highest BCUT2D eigenvalue weighted by atomic mass is 16.2. The van der Waals surface area contributed by atoms with Crippen LogP contribution < -0.4 is 11.1 Å². The van der Waals surface area contributed by atoms with Crippen LogP contribution >= 0.6 is 0 Å². The van der Waals surface area contributed by atoms with Gasteiger partial charge in [-0.3, -0.25) is 9.59 Å². The third kappa shape index (κ3) is 4.98. The van der Waals surface area contributed by atoms with E-state index in [1.165, 1.54) is 0 Å². The molecule has 5 heteroatoms. The molecule has 126 valence electrons. The standard InChI is InChI=1S/C18H27N3O2/c1-2-5-17(22)21-13-4-3-6-16(21)18(23)20-12-11-14-7-9-15(19)10-8-14/h7-10,16H,2-6,11-13,19H2,1H3,(H,20,23). The molecule has 0 radical (unpaired) electrons. The van der Waals surface area contributed by atoms with Crippen LogP contribution in [-0.2, 0) is 16.0 Å². The second-order valence-electron chi connectivity index (χ2n) is 6.13. The highest BCUT2D eigenvalue weighted by Crippen LogP contribution is 2.18. The minimum Gasteiger partial charge on any atom is -0.399 e. The smallest absolute Gasteiger partial charge is 0.242 e. The van der Waals surface area contributed by atoms with Gasteiger partial charge in [-0.15, -0.1) is 0 Å². The number of piperidine rings is 1. The number of nitrogen functional groups attached to an aromatic ring is 1. The monoisotopic (exact) mass is 317 g/mol. The Morgan fingerprint density at radius 1 is 1.26 bits per heavy atom. The number of likely N-dealkylation sites (tertiary alicyclic amines) is 1. The van der Waals surface area contributed by atoms with E-state index >= 15 is 0 Å². The molecule has 23 heavy (non-hydrogen) atoms. The predicted molar refractivity (Wildman–Crippen MR) is 91.8 cm³/mol. The molecular weight excluding hydrogens is 290 g/mol. The number of rotatable bonds is 6. The molecule has 0 aromatic heterocycles. The van der Waals surface area contributed by atoms with Crippen molar-refractivity contribution in [1.82, 2.24) is 10.2 Å². The Morgan fingerprint density at radius 3 is 2.70 bits per heavy atom. The third-order valence-electron chi connectivity index (χ3n) is 4.28. The Labute approximate surface area is 138 Å². The van der Waals surface area contributed by atoms with Crippen molar-refractivity contribution in [1.29, 1.82) is 0 Å². The van der Waals surface area contributed by atoms with Crippen LogP contribution in [0.1, 0.15) is 44.6 Å². The summed E-state index contributed by atoms with van der Waals surface area (Å²) in [6, 6.07) is 7.37. The van der Waals surface area contributed by atoms with Gasteiger partial charge in [0.1, 0.15) is 6.04 Å². The van der Waals surface area contributed by atoms with Crippen molar-refractivity contribution in [3.05, 3.63) is 29.8 Å². The molecule has 0 aliphatic carbocycles. The van der Waals surface area contributed by atoms with Crippen molar-refractivity contribution in [3.8, 4) is 0 Å². The molecule has 0 spiro atoms. The van der Waals surface area contributed by atoms with Crippen molar-refractivity contribution in [2.45, 2.75) is 51.5 Å². The average molecular weight is 317 g/mol. The Hall–Kier alpha value is -2.04. The van der Waals surface area contributed by atoms with E-state index in [9.17, 15) is 9.59 Å². The number of carbonyl (C=O) groups is 2. The third-order valence-corrected chi connectivity index (χ3v) is 4.28. The topological polar surface area (TPSA) is 75.4 Å². The highest BCUT2D eigenvalue weighted by molar-refractivity contribution is 5.87. The second kappa shape index (κ2) is 8.56. The molecular formula is C18H27N3O2. The summed E-state index contributed by atoms with van der Waals surface area (Å²) in [5, 5.41) is 2.98. The number of amides is 2. The number of carbonyl (C=O) groups excluding carboxylic acids is 2. The van der Waals surface area contributed by atoms with Crippen LogP contribution in [0.2, 0.25) is 0 Å². The van der Waals surface area contributed by atoms with Gasteiger partial charge in [0.2, 0.25) is 11.8 Å². The quantitative estimate of drug-likeness (QED) is 0.789. The normalized spacial score (nSPS) is 17.8. The lowest BCUT2D eigenvalue weighted by Crippen LogP contribution is -2.52. The summed E-state index contributed by atoms with van der Waals surface area (Å²) < 4.78 is 0. The minimum atomic E-state index is -0.297. The summed E-state index contributed by atoms with van der Waals surface area (Å²) in [7, 11) is 0. The van der Waals surface area contributed by atoms with Crippen LogP contribution in [-0.4, -0.2) is 35.8 Å². The first-order valence-electron chi connectivity index (χ1n) is 8.53. The Morgan fingerprint density at radius 2 is 2.00 bits per heavy atom. The Bertz CT molecular complexity index is 528. The Balaban J connectivity index is 1.85. The minimum absolute atomic E-state index is 0.0235. The molecule has 1 aliphatic rings. The molecule has 1 atom stereocenters. The van der Waals surface area contributed by atoms with E-state index in [0.717, 1.165) is 43.4 Å². The SMILES string of the molecule is CCCC(=O)N1CCCCC1C(=O)NCCc1ccc(N)cc1. The van der Waals surface area contributed by atoms with Gasteiger partial charge < -0.3 is 16.0 Å². The summed E-state index contributed by atoms with van der Waals surface area (Å²) >= 11 is 0. The van der Waals surface area contributed by atoms with Crippen molar-refractivity contribution in [2.75, 3.05) is 18.8 Å². The average Bonchev–Trinajstić information content (AvgIpc) is 2.57. The molecule has 1 aromatic carbocycles. The first kappa shape index (κ1) is 17.3. The zero-order valence-corrected chi connectivity index (χ0v) is 13.9. The summed E-state index contributed by atoms with van der Waals surface area (Å²) in [4.78, 5) is 26.4. The molecule has 1 unspecified atom stereocenters. The van der Waals surface area contributed by atoms with E-state index in [2.05, 4.69) is 5.32 Å². The molecule has 1 saturated heterocycles. The molecule has 3 N–H and O–H groups in total.